The molecule has 2 rings (SSSR count). The third kappa shape index (κ3) is 3.85. The van der Waals surface area contributed by atoms with Gasteiger partial charge in [0.15, 0.2) is 9.84 Å². The molecule has 0 amide bonds. The molecule has 0 aliphatic carbocycles. The Kier molecular flexibility index (Phi) is 4.90. The Hall–Kier alpha value is -0.820. The van der Waals surface area contributed by atoms with Gasteiger partial charge in [0.05, 0.1) is 16.5 Å². The topological polar surface area (TPSA) is 75.6 Å². The second kappa shape index (κ2) is 6.30. The van der Waals surface area contributed by atoms with Gasteiger partial charge >= 0.3 is 0 Å². The van der Waals surface area contributed by atoms with E-state index >= 15 is 0 Å². The molecule has 112 valence electrons. The molecule has 1 fully saturated rings. The third-order valence-corrected chi connectivity index (χ3v) is 5.11. The molecular formula is C13H18ClNO4S. The van der Waals surface area contributed by atoms with Crippen LogP contribution in [-0.4, -0.2) is 43.8 Å². The Morgan fingerprint density at radius 2 is 2.20 bits per heavy atom. The van der Waals surface area contributed by atoms with E-state index in [9.17, 15) is 13.5 Å². The summed E-state index contributed by atoms with van der Waals surface area (Å²) in [5.41, 5.74) is 1.02. The summed E-state index contributed by atoms with van der Waals surface area (Å²) >= 11 is 6.12. The zero-order valence-electron chi connectivity index (χ0n) is 11.2. The number of hydrogen-bond acceptors (Lipinski definition) is 5. The van der Waals surface area contributed by atoms with Crippen LogP contribution in [0.5, 0.6) is 5.75 Å². The Morgan fingerprint density at radius 3 is 2.75 bits per heavy atom. The maximum absolute atomic E-state index is 11.4. The summed E-state index contributed by atoms with van der Waals surface area (Å²) in [5, 5.41) is 13.3. The Labute approximate surface area is 123 Å². The monoisotopic (exact) mass is 319 g/mol. The highest BCUT2D eigenvalue weighted by Gasteiger charge is 2.38. The molecule has 1 saturated heterocycles. The van der Waals surface area contributed by atoms with Crippen molar-refractivity contribution in [3.63, 3.8) is 0 Å². The van der Waals surface area contributed by atoms with Gasteiger partial charge in [0.2, 0.25) is 0 Å². The number of aliphatic hydroxyl groups excluding tert-OH is 1. The molecule has 2 N–H and O–H groups in total. The summed E-state index contributed by atoms with van der Waals surface area (Å²) in [7, 11) is -3.23. The number of ether oxygens (including phenoxy) is 1. The molecule has 1 aromatic rings. The molecular weight excluding hydrogens is 302 g/mol. The number of aliphatic hydroxyl groups is 1. The molecule has 2 unspecified atom stereocenters. The van der Waals surface area contributed by atoms with E-state index in [0.29, 0.717) is 17.3 Å². The number of benzene rings is 1. The first kappa shape index (κ1) is 15.6. The predicted molar refractivity (Wildman–Crippen MR) is 77.9 cm³/mol. The first-order valence-electron chi connectivity index (χ1n) is 6.45. The summed E-state index contributed by atoms with van der Waals surface area (Å²) in [5.74, 6) is -0.0368. The smallest absolute Gasteiger partial charge is 0.156 e. The molecule has 0 aromatic heterocycles. The van der Waals surface area contributed by atoms with Crippen LogP contribution >= 0.6 is 11.6 Å². The quantitative estimate of drug-likeness (QED) is 0.846. The highest BCUT2D eigenvalue weighted by Crippen LogP contribution is 2.28. The lowest BCUT2D eigenvalue weighted by Gasteiger charge is -2.17. The number of halogens is 1. The fourth-order valence-corrected chi connectivity index (χ4v) is 4.00. The minimum Gasteiger partial charge on any atom is -0.485 e. The Balaban J connectivity index is 2.07. The molecule has 2 atom stereocenters. The SMILES string of the molecule is CCNCc1ccc(OC2CS(=O)(=O)CC2O)c(Cl)c1. The van der Waals surface area contributed by atoms with E-state index in [-0.39, 0.29) is 11.5 Å². The van der Waals surface area contributed by atoms with Crippen LogP contribution in [0.25, 0.3) is 0 Å². The van der Waals surface area contributed by atoms with Gasteiger partial charge in [-0.15, -0.1) is 0 Å². The van der Waals surface area contributed by atoms with E-state index in [1.165, 1.54) is 0 Å². The molecule has 0 spiro atoms. The zero-order chi connectivity index (χ0) is 14.8. The van der Waals surface area contributed by atoms with Gasteiger partial charge in [-0.3, -0.25) is 0 Å². The van der Waals surface area contributed by atoms with E-state index < -0.39 is 22.0 Å². The minimum atomic E-state index is -3.23. The maximum Gasteiger partial charge on any atom is 0.156 e. The molecule has 0 radical (unpaired) electrons. The van der Waals surface area contributed by atoms with Crippen LogP contribution in [0.15, 0.2) is 18.2 Å². The van der Waals surface area contributed by atoms with Gasteiger partial charge in [-0.25, -0.2) is 8.42 Å². The lowest BCUT2D eigenvalue weighted by atomic mass is 10.2. The first-order valence-corrected chi connectivity index (χ1v) is 8.65. The molecule has 0 saturated carbocycles. The van der Waals surface area contributed by atoms with Crippen molar-refractivity contribution in [2.75, 3.05) is 18.1 Å². The van der Waals surface area contributed by atoms with Crippen LogP contribution in [0.3, 0.4) is 0 Å². The maximum atomic E-state index is 11.4. The highest BCUT2D eigenvalue weighted by molar-refractivity contribution is 7.91. The summed E-state index contributed by atoms with van der Waals surface area (Å²) in [4.78, 5) is 0. The highest BCUT2D eigenvalue weighted by atomic mass is 35.5. The summed E-state index contributed by atoms with van der Waals surface area (Å²) < 4.78 is 28.4. The van der Waals surface area contributed by atoms with Crippen molar-refractivity contribution in [2.24, 2.45) is 0 Å². The lowest BCUT2D eigenvalue weighted by Crippen LogP contribution is -2.29. The molecule has 20 heavy (non-hydrogen) atoms. The molecule has 1 heterocycles. The van der Waals surface area contributed by atoms with E-state index in [2.05, 4.69) is 5.32 Å². The Morgan fingerprint density at radius 1 is 1.45 bits per heavy atom. The van der Waals surface area contributed by atoms with E-state index in [1.54, 1.807) is 12.1 Å². The molecule has 0 bridgehead atoms. The van der Waals surface area contributed by atoms with Gasteiger partial charge in [-0.2, -0.15) is 0 Å². The van der Waals surface area contributed by atoms with Crippen LogP contribution in [-0.2, 0) is 16.4 Å². The second-order valence-electron chi connectivity index (χ2n) is 4.85. The summed E-state index contributed by atoms with van der Waals surface area (Å²) in [6, 6.07) is 5.34. The molecule has 1 aromatic carbocycles. The van der Waals surface area contributed by atoms with Crippen molar-refractivity contribution >= 4 is 21.4 Å². The number of nitrogens with one attached hydrogen (secondary N) is 1. The number of sulfone groups is 1. The summed E-state index contributed by atoms with van der Waals surface area (Å²) in [6.07, 6.45) is -1.75. The largest absolute Gasteiger partial charge is 0.485 e. The van der Waals surface area contributed by atoms with Crippen molar-refractivity contribution in [2.45, 2.75) is 25.7 Å². The van der Waals surface area contributed by atoms with Crippen molar-refractivity contribution in [1.29, 1.82) is 0 Å². The van der Waals surface area contributed by atoms with Gasteiger partial charge in [-0.1, -0.05) is 24.6 Å². The van der Waals surface area contributed by atoms with Crippen molar-refractivity contribution in [3.05, 3.63) is 28.8 Å². The normalized spacial score (nSPS) is 24.8. The average molecular weight is 320 g/mol. The number of hydrogen-bond donors (Lipinski definition) is 2. The van der Waals surface area contributed by atoms with Gasteiger partial charge in [0.1, 0.15) is 18.0 Å². The van der Waals surface area contributed by atoms with Gasteiger partial charge in [0, 0.05) is 6.54 Å². The van der Waals surface area contributed by atoms with Crippen LogP contribution in [0, 0.1) is 0 Å². The van der Waals surface area contributed by atoms with Crippen LogP contribution in [0.2, 0.25) is 5.02 Å². The molecule has 1 aliphatic heterocycles. The van der Waals surface area contributed by atoms with Crippen LogP contribution < -0.4 is 10.1 Å². The van der Waals surface area contributed by atoms with Gasteiger partial charge in [-0.05, 0) is 24.2 Å². The molecule has 7 heteroatoms. The van der Waals surface area contributed by atoms with E-state index in [0.717, 1.165) is 12.1 Å². The summed E-state index contributed by atoms with van der Waals surface area (Å²) in [6.45, 7) is 3.58. The average Bonchev–Trinajstić information content (AvgIpc) is 2.62. The second-order valence-corrected chi connectivity index (χ2v) is 7.41. The van der Waals surface area contributed by atoms with Gasteiger partial charge in [0.25, 0.3) is 0 Å². The van der Waals surface area contributed by atoms with Gasteiger partial charge < -0.3 is 15.2 Å². The third-order valence-electron chi connectivity index (χ3n) is 3.13. The fourth-order valence-electron chi connectivity index (χ4n) is 2.09. The predicted octanol–water partition coefficient (Wildman–Crippen LogP) is 0.986. The van der Waals surface area contributed by atoms with E-state index in [4.69, 9.17) is 16.3 Å². The fraction of sp³-hybridized carbons (Fsp3) is 0.538. The minimum absolute atomic E-state index is 0.177. The standard InChI is InChI=1S/C13H18ClNO4S/c1-2-15-6-9-3-4-12(10(14)5-9)19-13-8-20(17,18)7-11(13)16/h3-5,11,13,15-16H,2,6-8H2,1H3. The van der Waals surface area contributed by atoms with Crippen molar-refractivity contribution < 1.29 is 18.3 Å². The Bertz CT molecular complexity index is 576. The first-order chi connectivity index (χ1) is 9.41. The van der Waals surface area contributed by atoms with Crippen molar-refractivity contribution in [1.82, 2.24) is 5.32 Å². The number of rotatable bonds is 5. The molecule has 5 nitrogen and oxygen atoms in total. The lowest BCUT2D eigenvalue weighted by molar-refractivity contribution is 0.0738. The van der Waals surface area contributed by atoms with Crippen LogP contribution in [0.1, 0.15) is 12.5 Å². The van der Waals surface area contributed by atoms with Crippen molar-refractivity contribution in [3.8, 4) is 5.75 Å². The molecule has 1 aliphatic rings. The zero-order valence-corrected chi connectivity index (χ0v) is 12.7. The van der Waals surface area contributed by atoms with Crippen LogP contribution in [0.4, 0.5) is 0 Å². The van der Waals surface area contributed by atoms with E-state index in [1.807, 2.05) is 13.0 Å².